The average Bonchev–Trinajstić information content (AvgIpc) is 2.46. The van der Waals surface area contributed by atoms with Gasteiger partial charge in [0, 0.05) is 24.8 Å². The van der Waals surface area contributed by atoms with E-state index < -0.39 is 0 Å². The van der Waals surface area contributed by atoms with Crippen LogP contribution in [0.4, 0.5) is 0 Å². The summed E-state index contributed by atoms with van der Waals surface area (Å²) >= 11 is 0. The lowest BCUT2D eigenvalue weighted by Gasteiger charge is -2.31. The third-order valence-electron chi connectivity index (χ3n) is 3.49. The monoisotopic (exact) mass is 279 g/mol. The van der Waals surface area contributed by atoms with Crippen LogP contribution in [-0.2, 0) is 0 Å². The molecule has 1 rings (SSSR count). The summed E-state index contributed by atoms with van der Waals surface area (Å²) in [6, 6.07) is 7.25. The van der Waals surface area contributed by atoms with Crippen molar-refractivity contribution in [3.8, 4) is 5.75 Å². The van der Waals surface area contributed by atoms with Crippen LogP contribution in [0.5, 0.6) is 5.75 Å². The smallest absolute Gasteiger partial charge is 0.179 e. The standard InChI is InChI=1S/C16H25NO3/c1-12(2)17(10-5-11-18)13(3)16(19)14-6-8-15(20-4)9-7-14/h6-9,12-13,18H,5,10-11H2,1-4H3. The summed E-state index contributed by atoms with van der Waals surface area (Å²) in [5.74, 6) is 0.842. The van der Waals surface area contributed by atoms with Crippen LogP contribution >= 0.6 is 0 Å². The Morgan fingerprint density at radius 3 is 2.30 bits per heavy atom. The summed E-state index contributed by atoms with van der Waals surface area (Å²) in [5.41, 5.74) is 0.688. The molecule has 0 saturated heterocycles. The number of hydrogen-bond donors (Lipinski definition) is 1. The molecule has 1 aromatic rings. The summed E-state index contributed by atoms with van der Waals surface area (Å²) in [7, 11) is 1.61. The second-order valence-corrected chi connectivity index (χ2v) is 5.18. The van der Waals surface area contributed by atoms with Gasteiger partial charge in [-0.2, -0.15) is 0 Å². The fourth-order valence-electron chi connectivity index (χ4n) is 2.30. The molecule has 4 heteroatoms. The van der Waals surface area contributed by atoms with Crippen molar-refractivity contribution in [3.05, 3.63) is 29.8 Å². The second kappa shape index (κ2) is 8.02. The van der Waals surface area contributed by atoms with Crippen LogP contribution in [0.2, 0.25) is 0 Å². The van der Waals surface area contributed by atoms with Gasteiger partial charge in [-0.3, -0.25) is 9.69 Å². The van der Waals surface area contributed by atoms with Crippen molar-refractivity contribution in [2.75, 3.05) is 20.3 Å². The summed E-state index contributed by atoms with van der Waals surface area (Å²) in [5, 5.41) is 8.97. The van der Waals surface area contributed by atoms with E-state index in [1.54, 1.807) is 31.4 Å². The summed E-state index contributed by atoms with van der Waals surface area (Å²) in [6.45, 7) is 6.91. The molecular formula is C16H25NO3. The first-order valence-electron chi connectivity index (χ1n) is 7.06. The molecule has 1 atom stereocenters. The molecular weight excluding hydrogens is 254 g/mol. The molecule has 0 amide bonds. The third-order valence-corrected chi connectivity index (χ3v) is 3.49. The first-order valence-corrected chi connectivity index (χ1v) is 7.06. The highest BCUT2D eigenvalue weighted by atomic mass is 16.5. The van der Waals surface area contributed by atoms with Crippen molar-refractivity contribution in [1.82, 2.24) is 4.90 Å². The van der Waals surface area contributed by atoms with Gasteiger partial charge in [0.25, 0.3) is 0 Å². The van der Waals surface area contributed by atoms with E-state index in [1.807, 2.05) is 6.92 Å². The Hall–Kier alpha value is -1.39. The molecule has 4 nitrogen and oxygen atoms in total. The van der Waals surface area contributed by atoms with Gasteiger partial charge < -0.3 is 9.84 Å². The zero-order valence-electron chi connectivity index (χ0n) is 12.8. The van der Waals surface area contributed by atoms with Gasteiger partial charge in [-0.1, -0.05) is 0 Å². The summed E-state index contributed by atoms with van der Waals surface area (Å²) in [4.78, 5) is 14.6. The zero-order valence-corrected chi connectivity index (χ0v) is 12.8. The molecule has 0 spiro atoms. The Kier molecular flexibility index (Phi) is 6.68. The molecule has 1 N–H and O–H groups in total. The number of aliphatic hydroxyl groups excluding tert-OH is 1. The van der Waals surface area contributed by atoms with E-state index in [1.165, 1.54) is 0 Å². The molecule has 0 bridgehead atoms. The lowest BCUT2D eigenvalue weighted by Crippen LogP contribution is -2.44. The van der Waals surface area contributed by atoms with Crippen LogP contribution in [-0.4, -0.2) is 48.1 Å². The number of methoxy groups -OCH3 is 1. The van der Waals surface area contributed by atoms with Crippen LogP contribution in [0, 0.1) is 0 Å². The molecule has 0 aliphatic carbocycles. The molecule has 0 aliphatic rings. The molecule has 112 valence electrons. The fraction of sp³-hybridized carbons (Fsp3) is 0.562. The zero-order chi connectivity index (χ0) is 15.1. The maximum atomic E-state index is 12.5. The number of aliphatic hydroxyl groups is 1. The normalized spacial score (nSPS) is 12.8. The summed E-state index contributed by atoms with van der Waals surface area (Å²) in [6.07, 6.45) is 0.679. The van der Waals surface area contributed by atoms with Crippen molar-refractivity contribution in [2.24, 2.45) is 0 Å². The van der Waals surface area contributed by atoms with E-state index in [4.69, 9.17) is 9.84 Å². The predicted molar refractivity (Wildman–Crippen MR) is 80.3 cm³/mol. The molecule has 0 saturated carbocycles. The van der Waals surface area contributed by atoms with Gasteiger partial charge >= 0.3 is 0 Å². The van der Waals surface area contributed by atoms with Crippen molar-refractivity contribution in [1.29, 1.82) is 0 Å². The van der Waals surface area contributed by atoms with Crippen molar-refractivity contribution < 1.29 is 14.6 Å². The number of benzene rings is 1. The maximum absolute atomic E-state index is 12.5. The minimum atomic E-state index is -0.199. The van der Waals surface area contributed by atoms with E-state index in [0.29, 0.717) is 12.0 Å². The van der Waals surface area contributed by atoms with Crippen LogP contribution in [0.15, 0.2) is 24.3 Å². The van der Waals surface area contributed by atoms with Gasteiger partial charge in [0.05, 0.1) is 13.2 Å². The number of ketones is 1. The van der Waals surface area contributed by atoms with Gasteiger partial charge in [-0.25, -0.2) is 0 Å². The van der Waals surface area contributed by atoms with Crippen LogP contribution in [0.25, 0.3) is 0 Å². The van der Waals surface area contributed by atoms with Gasteiger partial charge in [0.2, 0.25) is 0 Å². The average molecular weight is 279 g/mol. The highest BCUT2D eigenvalue weighted by Gasteiger charge is 2.24. The van der Waals surface area contributed by atoms with Crippen LogP contribution in [0.3, 0.4) is 0 Å². The Labute approximate surface area is 121 Å². The number of rotatable bonds is 8. The Morgan fingerprint density at radius 2 is 1.85 bits per heavy atom. The maximum Gasteiger partial charge on any atom is 0.179 e. The second-order valence-electron chi connectivity index (χ2n) is 5.18. The van der Waals surface area contributed by atoms with E-state index in [9.17, 15) is 4.79 Å². The number of carbonyl (C=O) groups is 1. The molecule has 1 unspecified atom stereocenters. The molecule has 1 aromatic carbocycles. The lowest BCUT2D eigenvalue weighted by atomic mass is 10.0. The Morgan fingerprint density at radius 1 is 1.25 bits per heavy atom. The number of carbonyl (C=O) groups excluding carboxylic acids is 1. The van der Waals surface area contributed by atoms with Crippen molar-refractivity contribution in [3.63, 3.8) is 0 Å². The SMILES string of the molecule is COc1ccc(C(=O)C(C)N(CCCO)C(C)C)cc1. The molecule has 0 aromatic heterocycles. The largest absolute Gasteiger partial charge is 0.497 e. The van der Waals surface area contributed by atoms with Crippen LogP contribution < -0.4 is 4.74 Å². The van der Waals surface area contributed by atoms with Crippen molar-refractivity contribution >= 4 is 5.78 Å². The van der Waals surface area contributed by atoms with E-state index >= 15 is 0 Å². The summed E-state index contributed by atoms with van der Waals surface area (Å²) < 4.78 is 5.10. The number of Topliss-reactive ketones (excluding diaryl/α,β-unsaturated/α-hetero) is 1. The minimum absolute atomic E-state index is 0.0966. The Balaban J connectivity index is 2.81. The van der Waals surface area contributed by atoms with Gasteiger partial charge in [-0.05, 0) is 51.5 Å². The quantitative estimate of drug-likeness (QED) is 0.742. The number of nitrogens with zero attached hydrogens (tertiary/aromatic N) is 1. The number of ether oxygens (including phenoxy) is 1. The van der Waals surface area contributed by atoms with Crippen molar-refractivity contribution in [2.45, 2.75) is 39.3 Å². The highest BCUT2D eigenvalue weighted by Crippen LogP contribution is 2.16. The fourth-order valence-corrected chi connectivity index (χ4v) is 2.30. The van der Waals surface area contributed by atoms with Crippen LogP contribution in [0.1, 0.15) is 37.6 Å². The molecule has 0 fully saturated rings. The van der Waals surface area contributed by atoms with Gasteiger partial charge in [0.1, 0.15) is 5.75 Å². The van der Waals surface area contributed by atoms with E-state index in [-0.39, 0.29) is 24.5 Å². The molecule has 0 radical (unpaired) electrons. The molecule has 20 heavy (non-hydrogen) atoms. The van der Waals surface area contributed by atoms with E-state index in [0.717, 1.165) is 12.3 Å². The van der Waals surface area contributed by atoms with Gasteiger partial charge in [0.15, 0.2) is 5.78 Å². The predicted octanol–water partition coefficient (Wildman–Crippen LogP) is 2.36. The van der Waals surface area contributed by atoms with Gasteiger partial charge in [-0.15, -0.1) is 0 Å². The lowest BCUT2D eigenvalue weighted by molar-refractivity contribution is 0.0772. The molecule has 0 aliphatic heterocycles. The first kappa shape index (κ1) is 16.7. The topological polar surface area (TPSA) is 49.8 Å². The first-order chi connectivity index (χ1) is 9.51. The Bertz CT molecular complexity index is 414. The van der Waals surface area contributed by atoms with E-state index in [2.05, 4.69) is 18.7 Å². The minimum Gasteiger partial charge on any atom is -0.497 e. The molecule has 0 heterocycles. The number of hydrogen-bond acceptors (Lipinski definition) is 4. The highest BCUT2D eigenvalue weighted by molar-refractivity contribution is 5.99. The third kappa shape index (κ3) is 4.32.